The van der Waals surface area contributed by atoms with E-state index in [2.05, 4.69) is 0 Å². The van der Waals surface area contributed by atoms with Crippen molar-refractivity contribution in [1.29, 1.82) is 0 Å². The summed E-state index contributed by atoms with van der Waals surface area (Å²) in [7, 11) is 0. The lowest BCUT2D eigenvalue weighted by molar-refractivity contribution is -0.346. The van der Waals surface area contributed by atoms with Gasteiger partial charge in [-0.2, -0.15) is 52.7 Å². The largest absolute Gasteiger partial charge is 0.443 e. The minimum Gasteiger partial charge on any atom is -0.169 e. The lowest BCUT2D eigenvalue weighted by atomic mass is 10.1. The van der Waals surface area contributed by atoms with E-state index >= 15 is 0 Å². The molecule has 0 saturated carbocycles. The summed E-state index contributed by atoms with van der Waals surface area (Å²) in [6, 6.07) is 0. The minimum atomic E-state index is -7.22. The van der Waals surface area contributed by atoms with Crippen molar-refractivity contribution >= 4 is 11.8 Å². The van der Waals surface area contributed by atoms with E-state index in [0.29, 0.717) is 0 Å². The molecule has 0 nitrogen and oxygen atoms in total. The second-order valence-electron chi connectivity index (χ2n) is 2.72. The van der Waals surface area contributed by atoms with Crippen molar-refractivity contribution in [3.05, 3.63) is 0 Å². The molecule has 110 valence electrons. The van der Waals surface area contributed by atoms with Gasteiger partial charge in [0, 0.05) is 0 Å². The minimum absolute atomic E-state index is 3.20. The average molecular weight is 320 g/mol. The Bertz CT molecular complexity index is 252. The molecule has 0 bridgehead atoms. The smallest absolute Gasteiger partial charge is 0.169 e. The number of alkyl halides is 12. The Morgan fingerprint density at radius 3 is 0.722 bits per heavy atom. The molecule has 0 amide bonds. The number of hydrogen-bond acceptors (Lipinski definition) is 1. The monoisotopic (exact) mass is 320 g/mol. The van der Waals surface area contributed by atoms with E-state index < -0.39 is 40.5 Å². The molecule has 0 aromatic carbocycles. The maximum Gasteiger partial charge on any atom is 0.443 e. The summed E-state index contributed by atoms with van der Waals surface area (Å²) in [4.78, 5) is 0. The Morgan fingerprint density at radius 1 is 0.444 bits per heavy atom. The van der Waals surface area contributed by atoms with Crippen LogP contribution in [0.3, 0.4) is 0 Å². The van der Waals surface area contributed by atoms with Gasteiger partial charge in [0.2, 0.25) is 0 Å². The molecule has 0 rings (SSSR count). The van der Waals surface area contributed by atoms with Crippen molar-refractivity contribution in [2.75, 3.05) is 0 Å². The predicted octanol–water partition coefficient (Wildman–Crippen LogP) is 4.67. The highest BCUT2D eigenvalue weighted by Crippen LogP contribution is 2.63. The van der Waals surface area contributed by atoms with Gasteiger partial charge in [-0.25, -0.2) is 0 Å². The summed E-state index contributed by atoms with van der Waals surface area (Å²) in [5.74, 6) is 0. The van der Waals surface area contributed by atoms with Crippen LogP contribution in [0, 0.1) is 0 Å². The SMILES string of the molecule is FC(F)(F)SC(C(F)(F)F)(C(F)(F)F)C(F)(F)F. The van der Waals surface area contributed by atoms with Crippen molar-refractivity contribution in [1.82, 2.24) is 0 Å². The summed E-state index contributed by atoms with van der Waals surface area (Å²) < 4.78 is 135. The Labute approximate surface area is 94.3 Å². The third kappa shape index (κ3) is 3.09. The second-order valence-corrected chi connectivity index (χ2v) is 4.00. The van der Waals surface area contributed by atoms with Crippen LogP contribution in [-0.4, -0.2) is 28.8 Å². The number of hydrogen-bond donors (Lipinski definition) is 0. The Hall–Kier alpha value is -0.490. The first kappa shape index (κ1) is 17.5. The second kappa shape index (κ2) is 4.27. The highest BCUT2D eigenvalue weighted by Gasteiger charge is 2.86. The van der Waals surface area contributed by atoms with Gasteiger partial charge in [-0.3, -0.25) is 0 Å². The number of halogens is 12. The van der Waals surface area contributed by atoms with Crippen LogP contribution in [-0.2, 0) is 0 Å². The fraction of sp³-hybridized carbons (Fsp3) is 1.00. The lowest BCUT2D eigenvalue weighted by Crippen LogP contribution is -2.64. The molecule has 0 aromatic rings. The number of rotatable bonds is 1. The van der Waals surface area contributed by atoms with Crippen LogP contribution >= 0.6 is 11.8 Å². The molecule has 0 fully saturated rings. The topological polar surface area (TPSA) is 0 Å². The van der Waals surface area contributed by atoms with Gasteiger partial charge in [0.05, 0.1) is 0 Å². The van der Waals surface area contributed by atoms with Gasteiger partial charge in [0.15, 0.2) is 0 Å². The van der Waals surface area contributed by atoms with Gasteiger partial charge in [-0.05, 0) is 11.8 Å². The summed E-state index contributed by atoms with van der Waals surface area (Å²) >= 11 is -3.20. The summed E-state index contributed by atoms with van der Waals surface area (Å²) in [6.45, 7) is 0. The molecule has 0 atom stereocenters. The number of thioether (sulfide) groups is 1. The molecule has 0 aliphatic heterocycles. The van der Waals surface area contributed by atoms with Gasteiger partial charge in [0.1, 0.15) is 0 Å². The first-order valence-corrected chi connectivity index (χ1v) is 4.24. The van der Waals surface area contributed by atoms with E-state index in [4.69, 9.17) is 0 Å². The summed E-state index contributed by atoms with van der Waals surface area (Å²) in [6.07, 6.45) is -21.7. The molecule has 0 aromatic heterocycles. The molecular formula is C5F12S. The fourth-order valence-electron chi connectivity index (χ4n) is 0.829. The van der Waals surface area contributed by atoms with Gasteiger partial charge < -0.3 is 0 Å². The van der Waals surface area contributed by atoms with Crippen LogP contribution in [0.2, 0.25) is 0 Å². The highest BCUT2D eigenvalue weighted by atomic mass is 32.2. The predicted molar refractivity (Wildman–Crippen MR) is 34.5 cm³/mol. The Morgan fingerprint density at radius 2 is 0.667 bits per heavy atom. The van der Waals surface area contributed by atoms with Crippen molar-refractivity contribution in [2.24, 2.45) is 0 Å². The van der Waals surface area contributed by atoms with E-state index in [9.17, 15) is 52.7 Å². The third-order valence-corrected chi connectivity index (χ3v) is 2.70. The maximum absolute atomic E-state index is 11.9. The molecule has 0 heterocycles. The van der Waals surface area contributed by atoms with Crippen molar-refractivity contribution < 1.29 is 52.7 Å². The van der Waals surface area contributed by atoms with Gasteiger partial charge in [-0.1, -0.05) is 0 Å². The quantitative estimate of drug-likeness (QED) is 0.633. The maximum atomic E-state index is 11.9. The van der Waals surface area contributed by atoms with E-state index in [0.717, 1.165) is 0 Å². The molecule has 0 radical (unpaired) electrons. The highest BCUT2D eigenvalue weighted by molar-refractivity contribution is 8.01. The van der Waals surface area contributed by atoms with E-state index in [-0.39, 0.29) is 0 Å². The molecule has 18 heavy (non-hydrogen) atoms. The molecule has 0 unspecified atom stereocenters. The molecule has 13 heteroatoms. The normalized spacial score (nSPS) is 16.0. The van der Waals surface area contributed by atoms with E-state index in [1.807, 2.05) is 0 Å². The average Bonchev–Trinajstić information content (AvgIpc) is 1.90. The van der Waals surface area contributed by atoms with E-state index in [1.54, 1.807) is 0 Å². The van der Waals surface area contributed by atoms with Gasteiger partial charge >= 0.3 is 28.8 Å². The first-order chi connectivity index (χ1) is 7.46. The van der Waals surface area contributed by atoms with E-state index in [1.165, 1.54) is 0 Å². The zero-order valence-corrected chi connectivity index (χ0v) is 8.26. The van der Waals surface area contributed by atoms with Crippen molar-refractivity contribution in [3.63, 3.8) is 0 Å². The Kier molecular flexibility index (Phi) is 4.15. The van der Waals surface area contributed by atoms with Crippen LogP contribution in [0.4, 0.5) is 52.7 Å². The first-order valence-electron chi connectivity index (χ1n) is 3.43. The van der Waals surface area contributed by atoms with Gasteiger partial charge in [-0.15, -0.1) is 0 Å². The fourth-order valence-corrected chi connectivity index (χ4v) is 1.52. The van der Waals surface area contributed by atoms with Crippen LogP contribution in [0.5, 0.6) is 0 Å². The summed E-state index contributed by atoms with van der Waals surface area (Å²) in [5.41, 5.74) is -6.39. The zero-order valence-electron chi connectivity index (χ0n) is 7.44. The van der Waals surface area contributed by atoms with Crippen molar-refractivity contribution in [2.45, 2.75) is 28.8 Å². The molecule has 0 N–H and O–H groups in total. The molecule has 0 aliphatic rings. The third-order valence-electron chi connectivity index (χ3n) is 1.47. The van der Waals surface area contributed by atoms with Crippen LogP contribution in [0.25, 0.3) is 0 Å². The van der Waals surface area contributed by atoms with Gasteiger partial charge in [0.25, 0.3) is 0 Å². The van der Waals surface area contributed by atoms with Crippen molar-refractivity contribution in [3.8, 4) is 0 Å². The molecule has 0 saturated heterocycles. The standard InChI is InChI=1S/C5F12S/c6-2(7,8)1(3(9,10)11,4(12,13)14)18-5(15,16)17. The molecule has 0 aliphatic carbocycles. The molecular weight excluding hydrogens is 320 g/mol. The van der Waals surface area contributed by atoms with Crippen LogP contribution < -0.4 is 0 Å². The molecule has 0 spiro atoms. The zero-order chi connectivity index (χ0) is 15.2. The van der Waals surface area contributed by atoms with Crippen LogP contribution in [0.1, 0.15) is 0 Å². The summed E-state index contributed by atoms with van der Waals surface area (Å²) in [5, 5.41) is 0. The Balaban J connectivity index is 6.10. The van der Waals surface area contributed by atoms with Crippen LogP contribution in [0.15, 0.2) is 0 Å². The lowest BCUT2D eigenvalue weighted by Gasteiger charge is -2.37.